The molecule has 4 rings (SSSR count). The lowest BCUT2D eigenvalue weighted by atomic mass is 9.97. The van der Waals surface area contributed by atoms with Crippen molar-refractivity contribution < 1.29 is 4.79 Å². The van der Waals surface area contributed by atoms with Gasteiger partial charge in [-0.25, -0.2) is 9.97 Å². The van der Waals surface area contributed by atoms with Gasteiger partial charge in [0.15, 0.2) is 0 Å². The first kappa shape index (κ1) is 15.6. The Morgan fingerprint density at radius 3 is 2.88 bits per heavy atom. The van der Waals surface area contributed by atoms with E-state index in [1.54, 1.807) is 17.7 Å². The van der Waals surface area contributed by atoms with E-state index in [2.05, 4.69) is 15.3 Å². The normalized spacial score (nSPS) is 13.7. The van der Waals surface area contributed by atoms with E-state index in [4.69, 9.17) is 0 Å². The standard InChI is InChI=1S/C18H17N3OS2/c22-15(21-12-6-2-1-3-7-12)10-23-17-16-13-8-4-5-9-14(13)24-18(16)20-11-19-17/h1-3,6-7,11H,4-5,8-10H2,(H,21,22). The van der Waals surface area contributed by atoms with Gasteiger partial charge in [0.25, 0.3) is 0 Å². The molecule has 1 aliphatic rings. The highest BCUT2D eigenvalue weighted by molar-refractivity contribution is 8.00. The van der Waals surface area contributed by atoms with Crippen molar-refractivity contribution in [1.82, 2.24) is 9.97 Å². The average Bonchev–Trinajstić information content (AvgIpc) is 3.00. The molecule has 24 heavy (non-hydrogen) atoms. The molecule has 122 valence electrons. The Kier molecular flexibility index (Phi) is 4.49. The average molecular weight is 355 g/mol. The van der Waals surface area contributed by atoms with Crippen molar-refractivity contribution >= 4 is 44.9 Å². The number of benzene rings is 1. The monoisotopic (exact) mass is 355 g/mol. The number of rotatable bonds is 4. The van der Waals surface area contributed by atoms with Gasteiger partial charge in [0.1, 0.15) is 16.2 Å². The number of carbonyl (C=O) groups excluding carboxylic acids is 1. The van der Waals surface area contributed by atoms with Crippen LogP contribution in [-0.4, -0.2) is 21.6 Å². The van der Waals surface area contributed by atoms with Gasteiger partial charge >= 0.3 is 0 Å². The maximum atomic E-state index is 12.2. The third-order valence-electron chi connectivity index (χ3n) is 4.11. The molecule has 0 bridgehead atoms. The van der Waals surface area contributed by atoms with E-state index in [9.17, 15) is 4.79 Å². The summed E-state index contributed by atoms with van der Waals surface area (Å²) in [5.74, 6) is 0.341. The third-order valence-corrected chi connectivity index (χ3v) is 6.30. The van der Waals surface area contributed by atoms with Crippen molar-refractivity contribution in [3.63, 3.8) is 0 Å². The van der Waals surface area contributed by atoms with E-state index < -0.39 is 0 Å². The molecule has 0 atom stereocenters. The summed E-state index contributed by atoms with van der Waals surface area (Å²) in [6, 6.07) is 9.53. The molecule has 1 aliphatic carbocycles. The predicted octanol–water partition coefficient (Wildman–Crippen LogP) is 4.30. The molecule has 0 unspecified atom stereocenters. The molecule has 2 heterocycles. The van der Waals surface area contributed by atoms with Gasteiger partial charge in [0.2, 0.25) is 5.91 Å². The zero-order chi connectivity index (χ0) is 16.4. The highest BCUT2D eigenvalue weighted by Crippen LogP contribution is 2.39. The Morgan fingerprint density at radius 1 is 1.17 bits per heavy atom. The van der Waals surface area contributed by atoms with Gasteiger partial charge in [-0.15, -0.1) is 11.3 Å². The molecule has 1 aromatic carbocycles. The SMILES string of the molecule is O=C(CSc1ncnc2sc3c(c12)CCCC3)Nc1ccccc1. The highest BCUT2D eigenvalue weighted by atomic mass is 32.2. The zero-order valence-corrected chi connectivity index (χ0v) is 14.8. The number of carbonyl (C=O) groups is 1. The van der Waals surface area contributed by atoms with Gasteiger partial charge in [0, 0.05) is 16.0 Å². The number of fused-ring (bicyclic) bond motifs is 3. The molecule has 2 aromatic heterocycles. The first-order chi connectivity index (χ1) is 11.8. The van der Waals surface area contributed by atoms with Crippen molar-refractivity contribution in [1.29, 1.82) is 0 Å². The fraction of sp³-hybridized carbons (Fsp3) is 0.278. The maximum Gasteiger partial charge on any atom is 0.234 e. The van der Waals surface area contributed by atoms with Gasteiger partial charge in [-0.3, -0.25) is 4.79 Å². The fourth-order valence-corrected chi connectivity index (χ4v) is 5.14. The molecular formula is C18H17N3OS2. The van der Waals surface area contributed by atoms with E-state index >= 15 is 0 Å². The van der Waals surface area contributed by atoms with Gasteiger partial charge < -0.3 is 5.32 Å². The van der Waals surface area contributed by atoms with Crippen LogP contribution in [0.25, 0.3) is 10.2 Å². The summed E-state index contributed by atoms with van der Waals surface area (Å²) < 4.78 is 0. The Hall–Kier alpha value is -1.92. The summed E-state index contributed by atoms with van der Waals surface area (Å²) in [4.78, 5) is 23.6. The summed E-state index contributed by atoms with van der Waals surface area (Å²) in [5.41, 5.74) is 2.23. The van der Waals surface area contributed by atoms with Crippen molar-refractivity contribution in [3.05, 3.63) is 47.1 Å². The largest absolute Gasteiger partial charge is 0.325 e. The number of thioether (sulfide) groups is 1. The van der Waals surface area contributed by atoms with Crippen molar-refractivity contribution in [2.75, 3.05) is 11.1 Å². The molecular weight excluding hydrogens is 338 g/mol. The number of anilines is 1. The smallest absolute Gasteiger partial charge is 0.234 e. The van der Waals surface area contributed by atoms with Crippen molar-refractivity contribution in [3.8, 4) is 0 Å². The third kappa shape index (κ3) is 3.16. The number of aryl methyl sites for hydroxylation is 2. The van der Waals surface area contributed by atoms with Crippen LogP contribution in [0.5, 0.6) is 0 Å². The molecule has 1 N–H and O–H groups in total. The minimum Gasteiger partial charge on any atom is -0.325 e. The molecule has 0 saturated heterocycles. The molecule has 0 spiro atoms. The second kappa shape index (κ2) is 6.91. The molecule has 0 fully saturated rings. The van der Waals surface area contributed by atoms with Gasteiger partial charge in [0.05, 0.1) is 5.75 Å². The summed E-state index contributed by atoms with van der Waals surface area (Å²) in [6.07, 6.45) is 6.35. The minimum absolute atomic E-state index is 0.0120. The lowest BCUT2D eigenvalue weighted by Crippen LogP contribution is -2.14. The summed E-state index contributed by atoms with van der Waals surface area (Å²) in [5, 5.41) is 5.02. The van der Waals surface area contributed by atoms with Crippen LogP contribution < -0.4 is 5.32 Å². The molecule has 0 radical (unpaired) electrons. The Morgan fingerprint density at radius 2 is 2.00 bits per heavy atom. The number of nitrogens with zero attached hydrogens (tertiary/aromatic N) is 2. The lowest BCUT2D eigenvalue weighted by molar-refractivity contribution is -0.113. The van der Waals surface area contributed by atoms with Crippen LogP contribution in [0.2, 0.25) is 0 Å². The van der Waals surface area contributed by atoms with Crippen LogP contribution in [0.15, 0.2) is 41.7 Å². The number of thiophene rings is 1. The highest BCUT2D eigenvalue weighted by Gasteiger charge is 2.20. The molecule has 0 aliphatic heterocycles. The number of hydrogen-bond acceptors (Lipinski definition) is 5. The number of aromatic nitrogens is 2. The van der Waals surface area contributed by atoms with Crippen LogP contribution in [0.4, 0.5) is 5.69 Å². The first-order valence-corrected chi connectivity index (χ1v) is 9.84. The number of hydrogen-bond donors (Lipinski definition) is 1. The lowest BCUT2D eigenvalue weighted by Gasteiger charge is -2.11. The van der Waals surface area contributed by atoms with Crippen LogP contribution in [-0.2, 0) is 17.6 Å². The first-order valence-electron chi connectivity index (χ1n) is 8.04. The van der Waals surface area contributed by atoms with E-state index in [-0.39, 0.29) is 5.91 Å². The summed E-state index contributed by atoms with van der Waals surface area (Å²) in [6.45, 7) is 0. The van der Waals surface area contributed by atoms with Crippen LogP contribution in [0.3, 0.4) is 0 Å². The zero-order valence-electron chi connectivity index (χ0n) is 13.1. The van der Waals surface area contributed by atoms with Gasteiger partial charge in [-0.05, 0) is 43.4 Å². The minimum atomic E-state index is -0.0120. The Balaban J connectivity index is 1.52. The molecule has 1 amide bonds. The maximum absolute atomic E-state index is 12.2. The number of amides is 1. The topological polar surface area (TPSA) is 54.9 Å². The van der Waals surface area contributed by atoms with Gasteiger partial charge in [-0.1, -0.05) is 30.0 Å². The van der Waals surface area contributed by atoms with E-state index in [0.717, 1.165) is 28.4 Å². The van der Waals surface area contributed by atoms with Gasteiger partial charge in [-0.2, -0.15) is 0 Å². The van der Waals surface area contributed by atoms with Crippen LogP contribution in [0.1, 0.15) is 23.3 Å². The quantitative estimate of drug-likeness (QED) is 0.560. The second-order valence-corrected chi connectivity index (χ2v) is 7.82. The fourth-order valence-electron chi connectivity index (χ4n) is 3.02. The number of para-hydroxylation sites is 1. The van der Waals surface area contributed by atoms with E-state index in [1.165, 1.54) is 40.4 Å². The summed E-state index contributed by atoms with van der Waals surface area (Å²) >= 11 is 3.28. The van der Waals surface area contributed by atoms with Crippen LogP contribution in [0, 0.1) is 0 Å². The Bertz CT molecular complexity index is 877. The molecule has 0 saturated carbocycles. The second-order valence-electron chi connectivity index (χ2n) is 5.77. The molecule has 3 aromatic rings. The Labute approximate surface area is 148 Å². The van der Waals surface area contributed by atoms with E-state index in [1.807, 2.05) is 30.3 Å². The summed E-state index contributed by atoms with van der Waals surface area (Å²) in [7, 11) is 0. The molecule has 6 heteroatoms. The molecule has 4 nitrogen and oxygen atoms in total. The number of nitrogens with one attached hydrogen (secondary N) is 1. The van der Waals surface area contributed by atoms with Crippen molar-refractivity contribution in [2.45, 2.75) is 30.7 Å². The van der Waals surface area contributed by atoms with E-state index in [0.29, 0.717) is 5.75 Å². The predicted molar refractivity (Wildman–Crippen MR) is 99.9 cm³/mol. The van der Waals surface area contributed by atoms with Crippen molar-refractivity contribution in [2.24, 2.45) is 0 Å². The van der Waals surface area contributed by atoms with Crippen LogP contribution >= 0.6 is 23.1 Å².